The zero-order valence-electron chi connectivity index (χ0n) is 13.7. The van der Waals surface area contributed by atoms with Gasteiger partial charge in [-0.1, -0.05) is 22.0 Å². The number of amides is 1. The maximum atomic E-state index is 13.1. The molecule has 2 N–H and O–H groups in total. The predicted octanol–water partition coefficient (Wildman–Crippen LogP) is 3.98. The molecule has 0 saturated carbocycles. The lowest BCUT2D eigenvalue weighted by Gasteiger charge is -2.28. The van der Waals surface area contributed by atoms with Crippen LogP contribution >= 0.6 is 15.9 Å². The summed E-state index contributed by atoms with van der Waals surface area (Å²) in [7, 11) is 0. The van der Waals surface area contributed by atoms with Gasteiger partial charge in [-0.15, -0.1) is 0 Å². The maximum absolute atomic E-state index is 13.1. The van der Waals surface area contributed by atoms with Crippen molar-refractivity contribution < 1.29 is 13.9 Å². The van der Waals surface area contributed by atoms with Gasteiger partial charge in [0.2, 0.25) is 0 Å². The molecule has 0 fully saturated rings. The smallest absolute Gasteiger partial charge is 0.407 e. The molecule has 0 aliphatic heterocycles. The van der Waals surface area contributed by atoms with E-state index in [4.69, 9.17) is 4.74 Å². The zero-order valence-corrected chi connectivity index (χ0v) is 15.3. The van der Waals surface area contributed by atoms with E-state index in [1.54, 1.807) is 6.07 Å². The first-order chi connectivity index (χ1) is 9.98. The lowest BCUT2D eigenvalue weighted by molar-refractivity contribution is 0.0513. The quantitative estimate of drug-likeness (QED) is 0.819. The molecule has 0 bridgehead atoms. The molecule has 0 aliphatic rings. The third-order valence-electron chi connectivity index (χ3n) is 2.85. The summed E-state index contributed by atoms with van der Waals surface area (Å²) in [5.41, 5.74) is 0.109. The van der Waals surface area contributed by atoms with Crippen molar-refractivity contribution in [3.05, 3.63) is 34.1 Å². The largest absolute Gasteiger partial charge is 0.444 e. The van der Waals surface area contributed by atoms with Gasteiger partial charge in [0.25, 0.3) is 0 Å². The Labute approximate surface area is 139 Å². The Balaban J connectivity index is 2.48. The van der Waals surface area contributed by atoms with Crippen LogP contribution in [0.5, 0.6) is 0 Å². The minimum Gasteiger partial charge on any atom is -0.444 e. The highest BCUT2D eigenvalue weighted by Gasteiger charge is 2.21. The first kappa shape index (κ1) is 18.9. The Morgan fingerprint density at radius 3 is 2.45 bits per heavy atom. The summed E-state index contributed by atoms with van der Waals surface area (Å²) in [6.07, 6.45) is -0.440. The summed E-state index contributed by atoms with van der Waals surface area (Å²) in [4.78, 5) is 11.7. The van der Waals surface area contributed by atoms with E-state index in [9.17, 15) is 9.18 Å². The highest BCUT2D eigenvalue weighted by Crippen LogP contribution is 2.18. The second kappa shape index (κ2) is 7.42. The van der Waals surface area contributed by atoms with Crippen LogP contribution in [-0.2, 0) is 11.3 Å². The van der Waals surface area contributed by atoms with E-state index in [0.717, 1.165) is 10.0 Å². The van der Waals surface area contributed by atoms with Crippen LogP contribution in [0.15, 0.2) is 22.7 Å². The lowest BCUT2D eigenvalue weighted by Crippen LogP contribution is -2.49. The third-order valence-corrected chi connectivity index (χ3v) is 3.58. The minimum absolute atomic E-state index is 0.276. The van der Waals surface area contributed by atoms with Crippen LogP contribution in [0, 0.1) is 5.82 Å². The van der Waals surface area contributed by atoms with Gasteiger partial charge in [0.1, 0.15) is 11.4 Å². The number of alkyl carbamates (subject to hydrolysis) is 1. The van der Waals surface area contributed by atoms with Crippen LogP contribution in [0.2, 0.25) is 0 Å². The van der Waals surface area contributed by atoms with Crippen molar-refractivity contribution in [2.45, 2.75) is 52.3 Å². The second-order valence-electron chi connectivity index (χ2n) is 6.83. The highest BCUT2D eigenvalue weighted by molar-refractivity contribution is 9.10. The van der Waals surface area contributed by atoms with Gasteiger partial charge < -0.3 is 15.4 Å². The fourth-order valence-electron chi connectivity index (χ4n) is 1.67. The molecule has 1 aromatic carbocycles. The van der Waals surface area contributed by atoms with Crippen LogP contribution in [0.25, 0.3) is 0 Å². The van der Waals surface area contributed by atoms with E-state index in [-0.39, 0.29) is 11.4 Å². The molecule has 0 aromatic heterocycles. The number of carbonyl (C=O) groups is 1. The Morgan fingerprint density at radius 1 is 1.27 bits per heavy atom. The zero-order chi connectivity index (χ0) is 17.0. The van der Waals surface area contributed by atoms with Crippen molar-refractivity contribution in [2.75, 3.05) is 6.54 Å². The highest BCUT2D eigenvalue weighted by atomic mass is 79.9. The summed E-state index contributed by atoms with van der Waals surface area (Å²) < 4.78 is 19.0. The number of ether oxygens (including phenoxy) is 1. The monoisotopic (exact) mass is 374 g/mol. The molecule has 0 aliphatic carbocycles. The molecule has 0 spiro atoms. The number of benzene rings is 1. The molecule has 0 atom stereocenters. The van der Waals surface area contributed by atoms with E-state index in [1.807, 2.05) is 34.6 Å². The van der Waals surface area contributed by atoms with Crippen molar-refractivity contribution in [1.82, 2.24) is 10.6 Å². The van der Waals surface area contributed by atoms with Crippen molar-refractivity contribution >= 4 is 22.0 Å². The topological polar surface area (TPSA) is 50.4 Å². The van der Waals surface area contributed by atoms with Gasteiger partial charge in [-0.3, -0.25) is 0 Å². The standard InChI is InChI=1S/C16H24BrFN2O2/c1-15(2,3)22-14(21)19-10-16(4,5)20-9-11-6-7-12(18)8-13(11)17/h6-8,20H,9-10H2,1-5H3,(H,19,21). The molecular formula is C16H24BrFN2O2. The lowest BCUT2D eigenvalue weighted by atomic mass is 10.1. The Kier molecular flexibility index (Phi) is 6.38. The predicted molar refractivity (Wildman–Crippen MR) is 89.3 cm³/mol. The van der Waals surface area contributed by atoms with E-state index < -0.39 is 11.7 Å². The van der Waals surface area contributed by atoms with Gasteiger partial charge in [0.05, 0.1) is 0 Å². The Morgan fingerprint density at radius 2 is 1.91 bits per heavy atom. The normalized spacial score (nSPS) is 12.1. The molecule has 22 heavy (non-hydrogen) atoms. The Hall–Kier alpha value is -1.14. The van der Waals surface area contributed by atoms with Crippen LogP contribution in [0.1, 0.15) is 40.2 Å². The van der Waals surface area contributed by atoms with E-state index >= 15 is 0 Å². The van der Waals surface area contributed by atoms with Crippen LogP contribution in [0.4, 0.5) is 9.18 Å². The molecule has 0 unspecified atom stereocenters. The number of carbonyl (C=O) groups excluding carboxylic acids is 1. The fraction of sp³-hybridized carbons (Fsp3) is 0.562. The van der Waals surface area contributed by atoms with Crippen LogP contribution in [-0.4, -0.2) is 23.8 Å². The molecule has 0 radical (unpaired) electrons. The third kappa shape index (κ3) is 7.22. The number of rotatable bonds is 5. The number of nitrogens with one attached hydrogen (secondary N) is 2. The van der Waals surface area contributed by atoms with Crippen LogP contribution in [0.3, 0.4) is 0 Å². The number of hydrogen-bond donors (Lipinski definition) is 2. The maximum Gasteiger partial charge on any atom is 0.407 e. The van der Waals surface area contributed by atoms with Gasteiger partial charge in [0.15, 0.2) is 0 Å². The van der Waals surface area contributed by atoms with Crippen molar-refractivity contribution in [1.29, 1.82) is 0 Å². The SMILES string of the molecule is CC(C)(CNC(=O)OC(C)(C)C)NCc1ccc(F)cc1Br. The minimum atomic E-state index is -0.513. The summed E-state index contributed by atoms with van der Waals surface area (Å²) in [5.74, 6) is -0.276. The van der Waals surface area contributed by atoms with Gasteiger partial charge in [-0.05, 0) is 52.3 Å². The molecule has 1 aromatic rings. The Bertz CT molecular complexity index is 527. The van der Waals surface area contributed by atoms with Crippen LogP contribution < -0.4 is 10.6 Å². The molecule has 1 amide bonds. The van der Waals surface area contributed by atoms with E-state index in [0.29, 0.717) is 13.1 Å². The van der Waals surface area contributed by atoms with Gasteiger partial charge in [0, 0.05) is 23.1 Å². The molecule has 124 valence electrons. The van der Waals surface area contributed by atoms with Gasteiger partial charge in [-0.25, -0.2) is 9.18 Å². The second-order valence-corrected chi connectivity index (χ2v) is 7.68. The fourth-order valence-corrected chi connectivity index (χ4v) is 2.16. The van der Waals surface area contributed by atoms with Gasteiger partial charge >= 0.3 is 6.09 Å². The molecular weight excluding hydrogens is 351 g/mol. The first-order valence-electron chi connectivity index (χ1n) is 7.14. The van der Waals surface area contributed by atoms with Crippen molar-refractivity contribution in [2.24, 2.45) is 0 Å². The van der Waals surface area contributed by atoms with Crippen molar-refractivity contribution in [3.8, 4) is 0 Å². The molecule has 1 rings (SSSR count). The van der Waals surface area contributed by atoms with Gasteiger partial charge in [-0.2, -0.15) is 0 Å². The average molecular weight is 375 g/mol. The average Bonchev–Trinajstić information content (AvgIpc) is 2.33. The molecule has 4 nitrogen and oxygen atoms in total. The van der Waals surface area contributed by atoms with E-state index in [2.05, 4.69) is 26.6 Å². The first-order valence-corrected chi connectivity index (χ1v) is 7.94. The number of hydrogen-bond acceptors (Lipinski definition) is 3. The van der Waals surface area contributed by atoms with Crippen molar-refractivity contribution in [3.63, 3.8) is 0 Å². The number of halogens is 2. The molecule has 0 saturated heterocycles. The summed E-state index contributed by atoms with van der Waals surface area (Å²) in [5, 5.41) is 6.08. The molecule has 6 heteroatoms. The summed E-state index contributed by atoms with van der Waals surface area (Å²) in [6, 6.07) is 4.58. The van der Waals surface area contributed by atoms with E-state index in [1.165, 1.54) is 12.1 Å². The summed E-state index contributed by atoms with van der Waals surface area (Å²) in [6.45, 7) is 10.4. The molecule has 0 heterocycles. The summed E-state index contributed by atoms with van der Waals surface area (Å²) >= 11 is 3.34.